The van der Waals surface area contributed by atoms with E-state index in [9.17, 15) is 13.2 Å². The smallest absolute Gasteiger partial charge is 0.240 e. The van der Waals surface area contributed by atoms with Gasteiger partial charge in [0, 0.05) is 29.4 Å². The lowest BCUT2D eigenvalue weighted by Crippen LogP contribution is -2.35. The number of amides is 1. The van der Waals surface area contributed by atoms with E-state index in [1.54, 1.807) is 12.1 Å². The van der Waals surface area contributed by atoms with Crippen molar-refractivity contribution >= 4 is 31.9 Å². The normalized spacial score (nSPS) is 15.4. The molecule has 1 aliphatic carbocycles. The number of carbonyl (C=O) groups is 1. The summed E-state index contributed by atoms with van der Waals surface area (Å²) in [6.07, 6.45) is 2.24. The van der Waals surface area contributed by atoms with Gasteiger partial charge >= 0.3 is 0 Å². The monoisotopic (exact) mass is 436 g/mol. The molecule has 0 aliphatic heterocycles. The highest BCUT2D eigenvalue weighted by Gasteiger charge is 2.44. The van der Waals surface area contributed by atoms with Crippen molar-refractivity contribution in [3.63, 3.8) is 0 Å². The maximum Gasteiger partial charge on any atom is 0.240 e. The number of halogens is 1. The summed E-state index contributed by atoms with van der Waals surface area (Å²) in [4.78, 5) is 12.2. The largest absolute Gasteiger partial charge is 0.355 e. The Bertz CT molecular complexity index is 863. The summed E-state index contributed by atoms with van der Waals surface area (Å²) in [7, 11) is -3.60. The van der Waals surface area contributed by atoms with E-state index in [1.807, 2.05) is 18.2 Å². The summed E-state index contributed by atoms with van der Waals surface area (Å²) >= 11 is 3.27. The second-order valence-corrected chi connectivity index (χ2v) is 9.21. The summed E-state index contributed by atoms with van der Waals surface area (Å²) in [5.74, 6) is -0.147. The van der Waals surface area contributed by atoms with Crippen molar-refractivity contribution in [2.45, 2.75) is 29.6 Å². The first kappa shape index (κ1) is 19.1. The Labute approximate surface area is 162 Å². The molecule has 1 amide bonds. The lowest BCUT2D eigenvalue weighted by atomic mass is 9.96. The fourth-order valence-corrected chi connectivity index (χ4v) is 4.16. The molecule has 0 heterocycles. The van der Waals surface area contributed by atoms with Crippen molar-refractivity contribution < 1.29 is 13.2 Å². The third-order valence-electron chi connectivity index (χ3n) is 4.63. The highest BCUT2D eigenvalue weighted by Crippen LogP contribution is 2.47. The van der Waals surface area contributed by atoms with E-state index in [0.717, 1.165) is 17.3 Å². The van der Waals surface area contributed by atoms with Crippen LogP contribution in [0, 0.1) is 0 Å². The van der Waals surface area contributed by atoms with E-state index >= 15 is 0 Å². The second kappa shape index (κ2) is 7.90. The molecule has 0 bridgehead atoms. The Morgan fingerprint density at radius 3 is 2.31 bits per heavy atom. The minimum absolute atomic E-state index is 0.0495. The van der Waals surface area contributed by atoms with Crippen LogP contribution in [0.2, 0.25) is 0 Å². The fraction of sp³-hybridized carbons (Fsp3) is 0.316. The van der Waals surface area contributed by atoms with Gasteiger partial charge in [-0.25, -0.2) is 13.1 Å². The summed E-state index contributed by atoms with van der Waals surface area (Å²) in [5.41, 5.74) is 1.30. The molecule has 2 aromatic carbocycles. The molecule has 5 nitrogen and oxygen atoms in total. The van der Waals surface area contributed by atoms with Crippen LogP contribution in [0.5, 0.6) is 0 Å². The van der Waals surface area contributed by atoms with E-state index < -0.39 is 10.0 Å². The van der Waals surface area contributed by atoms with Crippen molar-refractivity contribution in [2.24, 2.45) is 0 Å². The molecule has 0 unspecified atom stereocenters. The van der Waals surface area contributed by atoms with Crippen molar-refractivity contribution in [1.29, 1.82) is 0 Å². The van der Waals surface area contributed by atoms with Gasteiger partial charge < -0.3 is 5.32 Å². The van der Waals surface area contributed by atoms with Crippen LogP contribution in [-0.2, 0) is 20.2 Å². The maximum atomic E-state index is 12.2. The molecular weight excluding hydrogens is 416 g/mol. The Morgan fingerprint density at radius 1 is 1.04 bits per heavy atom. The van der Waals surface area contributed by atoms with Gasteiger partial charge in [0.05, 0.1) is 4.90 Å². The van der Waals surface area contributed by atoms with Crippen molar-refractivity contribution in [2.75, 3.05) is 13.1 Å². The number of hydrogen-bond donors (Lipinski definition) is 2. The average molecular weight is 437 g/mol. The van der Waals surface area contributed by atoms with Gasteiger partial charge in [0.1, 0.15) is 0 Å². The third kappa shape index (κ3) is 4.72. The molecule has 3 rings (SSSR count). The predicted molar refractivity (Wildman–Crippen MR) is 104 cm³/mol. The maximum absolute atomic E-state index is 12.2. The molecule has 1 fully saturated rings. The number of benzene rings is 2. The molecule has 2 N–H and O–H groups in total. The van der Waals surface area contributed by atoms with Gasteiger partial charge in [0.25, 0.3) is 0 Å². The first-order valence-electron chi connectivity index (χ1n) is 8.49. The van der Waals surface area contributed by atoms with E-state index in [1.165, 1.54) is 17.7 Å². The fourth-order valence-electron chi connectivity index (χ4n) is 2.86. The summed E-state index contributed by atoms with van der Waals surface area (Å²) in [6.45, 7) is 0.665. The van der Waals surface area contributed by atoms with Gasteiger partial charge in [-0.1, -0.05) is 46.3 Å². The van der Waals surface area contributed by atoms with E-state index in [4.69, 9.17) is 0 Å². The van der Waals surface area contributed by atoms with Crippen LogP contribution in [0.25, 0.3) is 0 Å². The van der Waals surface area contributed by atoms with Gasteiger partial charge in [-0.15, -0.1) is 0 Å². The lowest BCUT2D eigenvalue weighted by Gasteiger charge is -2.16. The van der Waals surface area contributed by atoms with Crippen molar-refractivity contribution in [3.8, 4) is 0 Å². The SMILES string of the molecule is O=C(CCNS(=O)(=O)c1ccc(Br)cc1)NCC1(c2ccccc2)CC1. The van der Waals surface area contributed by atoms with E-state index in [0.29, 0.717) is 6.54 Å². The highest BCUT2D eigenvalue weighted by atomic mass is 79.9. The molecule has 0 radical (unpaired) electrons. The standard InChI is InChI=1S/C19H21BrN2O3S/c20-16-6-8-17(9-7-16)26(24,25)22-13-10-18(23)21-14-19(11-12-19)15-4-2-1-3-5-15/h1-9,22H,10-14H2,(H,21,23). The number of sulfonamides is 1. The molecule has 0 aromatic heterocycles. The molecule has 1 saturated carbocycles. The highest BCUT2D eigenvalue weighted by molar-refractivity contribution is 9.10. The van der Waals surface area contributed by atoms with Crippen LogP contribution in [-0.4, -0.2) is 27.4 Å². The molecule has 1 aliphatic rings. The van der Waals surface area contributed by atoms with E-state index in [2.05, 4.69) is 38.1 Å². The minimum Gasteiger partial charge on any atom is -0.355 e. The molecule has 7 heteroatoms. The predicted octanol–water partition coefficient (Wildman–Crippen LogP) is 2.97. The first-order chi connectivity index (χ1) is 12.4. The Kier molecular flexibility index (Phi) is 5.79. The summed E-state index contributed by atoms with van der Waals surface area (Å²) < 4.78 is 27.6. The number of hydrogen-bond acceptors (Lipinski definition) is 3. The summed E-state index contributed by atoms with van der Waals surface area (Å²) in [5, 5.41) is 2.94. The number of rotatable bonds is 8. The first-order valence-corrected chi connectivity index (χ1v) is 10.8. The Hall–Kier alpha value is -1.70. The van der Waals surface area contributed by atoms with E-state index in [-0.39, 0.29) is 29.2 Å². The molecular formula is C19H21BrN2O3S. The molecule has 0 saturated heterocycles. The number of nitrogens with one attached hydrogen (secondary N) is 2. The average Bonchev–Trinajstić information content (AvgIpc) is 3.42. The molecule has 2 aromatic rings. The Morgan fingerprint density at radius 2 is 1.69 bits per heavy atom. The van der Waals surface area contributed by atoms with Gasteiger partial charge in [0.2, 0.25) is 15.9 Å². The van der Waals surface area contributed by atoms with Crippen LogP contribution in [0.15, 0.2) is 64.0 Å². The zero-order valence-electron chi connectivity index (χ0n) is 14.2. The third-order valence-corrected chi connectivity index (χ3v) is 6.64. The van der Waals surface area contributed by atoms with Gasteiger partial charge in [-0.2, -0.15) is 0 Å². The van der Waals surface area contributed by atoms with Gasteiger partial charge in [-0.3, -0.25) is 4.79 Å². The zero-order valence-corrected chi connectivity index (χ0v) is 16.6. The minimum atomic E-state index is -3.60. The number of carbonyl (C=O) groups excluding carboxylic acids is 1. The van der Waals surface area contributed by atoms with Crippen LogP contribution in [0.3, 0.4) is 0 Å². The van der Waals surface area contributed by atoms with Gasteiger partial charge in [-0.05, 0) is 42.7 Å². The van der Waals surface area contributed by atoms with Crippen LogP contribution < -0.4 is 10.0 Å². The van der Waals surface area contributed by atoms with Gasteiger partial charge in [0.15, 0.2) is 0 Å². The molecule has 0 atom stereocenters. The van der Waals surface area contributed by atoms with Crippen LogP contribution in [0.1, 0.15) is 24.8 Å². The topological polar surface area (TPSA) is 75.3 Å². The molecule has 0 spiro atoms. The quantitative estimate of drug-likeness (QED) is 0.667. The van der Waals surface area contributed by atoms with Crippen molar-refractivity contribution in [3.05, 3.63) is 64.6 Å². The molecule has 26 heavy (non-hydrogen) atoms. The van der Waals surface area contributed by atoms with Crippen LogP contribution in [0.4, 0.5) is 0 Å². The lowest BCUT2D eigenvalue weighted by molar-refractivity contribution is -0.121. The van der Waals surface area contributed by atoms with Crippen LogP contribution >= 0.6 is 15.9 Å². The molecule has 138 valence electrons. The second-order valence-electron chi connectivity index (χ2n) is 6.52. The van der Waals surface area contributed by atoms with Crippen molar-refractivity contribution in [1.82, 2.24) is 10.0 Å². The summed E-state index contributed by atoms with van der Waals surface area (Å²) in [6, 6.07) is 16.5. The zero-order chi connectivity index (χ0) is 18.6. The Balaban J connectivity index is 1.45.